The maximum atomic E-state index is 12.4. The fourth-order valence-electron chi connectivity index (χ4n) is 3.13. The molecule has 1 fully saturated rings. The van der Waals surface area contributed by atoms with Crippen LogP contribution in [0.15, 0.2) is 48.5 Å². The lowest BCUT2D eigenvalue weighted by Gasteiger charge is -2.36. The summed E-state index contributed by atoms with van der Waals surface area (Å²) in [7, 11) is 1.65. The largest absolute Gasteiger partial charge is 0.497 e. The van der Waals surface area contributed by atoms with Crippen molar-refractivity contribution in [3.63, 3.8) is 0 Å². The molecular weight excluding hydrogens is 340 g/mol. The van der Waals surface area contributed by atoms with Crippen molar-refractivity contribution < 1.29 is 9.53 Å². The molecule has 0 unspecified atom stereocenters. The Labute approximate surface area is 160 Å². The highest BCUT2D eigenvalue weighted by Gasteiger charge is 2.20. The Morgan fingerprint density at radius 3 is 2.33 bits per heavy atom. The van der Waals surface area contributed by atoms with Crippen LogP contribution in [0.25, 0.3) is 0 Å². The van der Waals surface area contributed by atoms with Crippen molar-refractivity contribution in [3.05, 3.63) is 59.7 Å². The number of nitrogens with one attached hydrogen (secondary N) is 1. The van der Waals surface area contributed by atoms with Crippen molar-refractivity contribution in [1.29, 1.82) is 5.26 Å². The van der Waals surface area contributed by atoms with Crippen LogP contribution in [0.2, 0.25) is 0 Å². The molecule has 1 saturated heterocycles. The van der Waals surface area contributed by atoms with Crippen LogP contribution in [-0.4, -0.2) is 50.8 Å². The second-order valence-electron chi connectivity index (χ2n) is 6.46. The molecule has 0 atom stereocenters. The molecule has 0 aromatic heterocycles. The summed E-state index contributed by atoms with van der Waals surface area (Å²) in [6, 6.07) is 17.6. The Balaban J connectivity index is 1.41. The van der Waals surface area contributed by atoms with Gasteiger partial charge in [-0.2, -0.15) is 5.26 Å². The van der Waals surface area contributed by atoms with Gasteiger partial charge in [0.25, 0.3) is 0 Å². The van der Waals surface area contributed by atoms with Crippen molar-refractivity contribution in [2.24, 2.45) is 0 Å². The molecule has 6 nitrogen and oxygen atoms in total. The Hall–Kier alpha value is -3.20. The summed E-state index contributed by atoms with van der Waals surface area (Å²) >= 11 is 0. The summed E-state index contributed by atoms with van der Waals surface area (Å²) in [6.07, 6.45) is 0.793. The summed E-state index contributed by atoms with van der Waals surface area (Å²) in [4.78, 5) is 16.4. The molecule has 27 heavy (non-hydrogen) atoms. The Kier molecular flexibility index (Phi) is 6.16. The molecule has 2 aromatic rings. The van der Waals surface area contributed by atoms with Crippen LogP contribution >= 0.6 is 0 Å². The van der Waals surface area contributed by atoms with E-state index in [1.54, 1.807) is 7.11 Å². The van der Waals surface area contributed by atoms with Gasteiger partial charge >= 0.3 is 6.03 Å². The van der Waals surface area contributed by atoms with E-state index in [9.17, 15) is 4.79 Å². The van der Waals surface area contributed by atoms with Crippen LogP contribution in [0.3, 0.4) is 0 Å². The zero-order chi connectivity index (χ0) is 19.1. The molecule has 0 spiro atoms. The maximum absolute atomic E-state index is 12.4. The van der Waals surface area contributed by atoms with E-state index >= 15 is 0 Å². The topological polar surface area (TPSA) is 68.6 Å². The molecule has 1 aliphatic heterocycles. The summed E-state index contributed by atoms with van der Waals surface area (Å²) in [6.45, 7) is 3.57. The van der Waals surface area contributed by atoms with Gasteiger partial charge in [0.2, 0.25) is 0 Å². The first kappa shape index (κ1) is 18.6. The third kappa shape index (κ3) is 4.91. The summed E-state index contributed by atoms with van der Waals surface area (Å²) in [5.74, 6) is 0.836. The predicted molar refractivity (Wildman–Crippen MR) is 105 cm³/mol. The molecule has 1 N–H and O–H groups in total. The van der Waals surface area contributed by atoms with Crippen LogP contribution < -0.4 is 15.0 Å². The van der Waals surface area contributed by atoms with E-state index in [1.807, 2.05) is 53.4 Å². The third-order valence-corrected chi connectivity index (χ3v) is 4.78. The quantitative estimate of drug-likeness (QED) is 0.886. The Morgan fingerprint density at radius 1 is 1.07 bits per heavy atom. The molecule has 2 aromatic carbocycles. The molecule has 6 heteroatoms. The van der Waals surface area contributed by atoms with E-state index in [2.05, 4.69) is 16.3 Å². The predicted octanol–water partition coefficient (Wildman–Crippen LogP) is 2.64. The zero-order valence-electron chi connectivity index (χ0n) is 15.5. The molecule has 2 amide bonds. The maximum Gasteiger partial charge on any atom is 0.317 e. The number of methoxy groups -OCH3 is 1. The first-order valence-corrected chi connectivity index (χ1v) is 9.10. The molecule has 1 heterocycles. The number of hydrogen-bond acceptors (Lipinski definition) is 4. The fourth-order valence-corrected chi connectivity index (χ4v) is 3.13. The van der Waals surface area contributed by atoms with E-state index in [-0.39, 0.29) is 6.03 Å². The number of carbonyl (C=O) groups excluding carboxylic acids is 1. The van der Waals surface area contributed by atoms with Gasteiger partial charge in [0.1, 0.15) is 5.75 Å². The fraction of sp³-hybridized carbons (Fsp3) is 0.333. The SMILES string of the molecule is COc1ccc(CCNC(=O)N2CCN(c3ccc(C#N)cc3)CC2)cc1. The van der Waals surface area contributed by atoms with Crippen LogP contribution in [0.4, 0.5) is 10.5 Å². The number of benzene rings is 2. The molecule has 0 radical (unpaired) electrons. The van der Waals surface area contributed by atoms with Crippen molar-refractivity contribution in [1.82, 2.24) is 10.2 Å². The minimum absolute atomic E-state index is 0.0111. The highest BCUT2D eigenvalue weighted by atomic mass is 16.5. The minimum Gasteiger partial charge on any atom is -0.497 e. The normalized spacial score (nSPS) is 13.8. The van der Waals surface area contributed by atoms with E-state index in [4.69, 9.17) is 10.00 Å². The molecule has 0 bridgehead atoms. The number of nitrogens with zero attached hydrogens (tertiary/aromatic N) is 3. The number of ether oxygens (including phenoxy) is 1. The highest BCUT2D eigenvalue weighted by Crippen LogP contribution is 2.17. The van der Waals surface area contributed by atoms with Gasteiger partial charge < -0.3 is 19.9 Å². The summed E-state index contributed by atoms with van der Waals surface area (Å²) in [5, 5.41) is 11.9. The first-order chi connectivity index (χ1) is 13.2. The van der Waals surface area contributed by atoms with Crippen molar-refractivity contribution >= 4 is 11.7 Å². The second-order valence-corrected chi connectivity index (χ2v) is 6.46. The molecular formula is C21H24N4O2. The van der Waals surface area contributed by atoms with Gasteiger partial charge in [0, 0.05) is 38.4 Å². The second kappa shape index (κ2) is 8.95. The zero-order valence-corrected chi connectivity index (χ0v) is 15.5. The minimum atomic E-state index is -0.0111. The van der Waals surface area contributed by atoms with Gasteiger partial charge in [0.05, 0.1) is 18.7 Å². The first-order valence-electron chi connectivity index (χ1n) is 9.10. The van der Waals surface area contributed by atoms with Crippen LogP contribution in [0, 0.1) is 11.3 Å². The number of hydrogen-bond donors (Lipinski definition) is 1. The van der Waals surface area contributed by atoms with Crippen molar-refractivity contribution in [2.45, 2.75) is 6.42 Å². The van der Waals surface area contributed by atoms with Gasteiger partial charge in [-0.05, 0) is 48.4 Å². The average molecular weight is 364 g/mol. The monoisotopic (exact) mass is 364 g/mol. The summed E-state index contributed by atoms with van der Waals surface area (Å²) in [5.41, 5.74) is 2.92. The molecule has 1 aliphatic rings. The lowest BCUT2D eigenvalue weighted by Crippen LogP contribution is -2.52. The number of amides is 2. The lowest BCUT2D eigenvalue weighted by atomic mass is 10.1. The number of anilines is 1. The van der Waals surface area contributed by atoms with Crippen LogP contribution in [-0.2, 0) is 6.42 Å². The van der Waals surface area contributed by atoms with Crippen LogP contribution in [0.1, 0.15) is 11.1 Å². The molecule has 0 saturated carbocycles. The molecule has 3 rings (SSSR count). The smallest absolute Gasteiger partial charge is 0.317 e. The standard InChI is InChI=1S/C21H24N4O2/c1-27-20-8-4-17(5-9-20)10-11-23-21(26)25-14-12-24(13-15-25)19-6-2-18(16-22)3-7-19/h2-9H,10-15H2,1H3,(H,23,26). The van der Waals surface area contributed by atoms with E-state index in [0.717, 1.165) is 30.9 Å². The van der Waals surface area contributed by atoms with Gasteiger partial charge in [-0.1, -0.05) is 12.1 Å². The van der Waals surface area contributed by atoms with Crippen molar-refractivity contribution in [2.75, 3.05) is 44.7 Å². The number of urea groups is 1. The van der Waals surface area contributed by atoms with Gasteiger partial charge in [-0.3, -0.25) is 0 Å². The van der Waals surface area contributed by atoms with Crippen molar-refractivity contribution in [3.8, 4) is 11.8 Å². The highest BCUT2D eigenvalue weighted by molar-refractivity contribution is 5.74. The molecule has 140 valence electrons. The Bertz CT molecular complexity index is 788. The lowest BCUT2D eigenvalue weighted by molar-refractivity contribution is 0.194. The van der Waals surface area contributed by atoms with Gasteiger partial charge in [0.15, 0.2) is 0 Å². The third-order valence-electron chi connectivity index (χ3n) is 4.78. The Morgan fingerprint density at radius 2 is 1.74 bits per heavy atom. The number of piperazine rings is 1. The number of rotatable bonds is 5. The van der Waals surface area contributed by atoms with E-state index < -0.39 is 0 Å². The molecule has 0 aliphatic carbocycles. The average Bonchev–Trinajstić information content (AvgIpc) is 2.74. The van der Waals surface area contributed by atoms with Gasteiger partial charge in [-0.15, -0.1) is 0 Å². The number of nitriles is 1. The number of carbonyl (C=O) groups is 1. The van der Waals surface area contributed by atoms with E-state index in [0.29, 0.717) is 25.2 Å². The van der Waals surface area contributed by atoms with E-state index in [1.165, 1.54) is 5.56 Å². The summed E-state index contributed by atoms with van der Waals surface area (Å²) < 4.78 is 5.15. The van der Waals surface area contributed by atoms with Crippen LogP contribution in [0.5, 0.6) is 5.75 Å². The van der Waals surface area contributed by atoms with Gasteiger partial charge in [-0.25, -0.2) is 4.79 Å².